The van der Waals surface area contributed by atoms with Crippen LogP contribution in [-0.4, -0.2) is 11.2 Å². The van der Waals surface area contributed by atoms with Gasteiger partial charge in [0.2, 0.25) is 0 Å². The van der Waals surface area contributed by atoms with Crippen LogP contribution in [0.25, 0.3) is 0 Å². The Bertz CT molecular complexity index is 484. The van der Waals surface area contributed by atoms with Crippen LogP contribution in [0, 0.1) is 17.3 Å². The van der Waals surface area contributed by atoms with Crippen molar-refractivity contribution < 1.29 is 5.11 Å². The van der Waals surface area contributed by atoms with E-state index >= 15 is 0 Å². The van der Waals surface area contributed by atoms with Crippen LogP contribution < -0.4 is 0 Å². The number of allylic oxidation sites excluding steroid dienone is 4. The summed E-state index contributed by atoms with van der Waals surface area (Å²) in [4.78, 5) is 0. The number of aliphatic hydroxyl groups is 1. The summed E-state index contributed by atoms with van der Waals surface area (Å²) in [7, 11) is 0. The first kappa shape index (κ1) is 15.1. The van der Waals surface area contributed by atoms with Crippen LogP contribution in [-0.2, 0) is 0 Å². The van der Waals surface area contributed by atoms with E-state index in [0.717, 1.165) is 31.1 Å². The molecule has 21 heavy (non-hydrogen) atoms. The van der Waals surface area contributed by atoms with Gasteiger partial charge in [0, 0.05) is 0 Å². The molecule has 0 aliphatic heterocycles. The third-order valence-corrected chi connectivity index (χ3v) is 6.63. The van der Waals surface area contributed by atoms with E-state index in [0.29, 0.717) is 5.41 Å². The molecule has 0 aromatic heterocycles. The van der Waals surface area contributed by atoms with Gasteiger partial charge in [0.15, 0.2) is 0 Å². The molecule has 3 aliphatic rings. The van der Waals surface area contributed by atoms with Crippen molar-refractivity contribution in [3.05, 3.63) is 35.5 Å². The monoisotopic (exact) mass is 286 g/mol. The average molecular weight is 286 g/mol. The van der Waals surface area contributed by atoms with E-state index in [1.165, 1.54) is 43.3 Å². The summed E-state index contributed by atoms with van der Waals surface area (Å²) < 4.78 is 0. The van der Waals surface area contributed by atoms with E-state index in [1.807, 2.05) is 0 Å². The minimum Gasteiger partial charge on any atom is -0.393 e. The second-order valence-electron chi connectivity index (χ2n) is 7.82. The molecule has 0 aromatic carbocycles. The molecule has 0 spiro atoms. The highest BCUT2D eigenvalue weighted by Gasteiger charge is 2.46. The third-order valence-electron chi connectivity index (χ3n) is 6.63. The lowest BCUT2D eigenvalue weighted by Gasteiger charge is -2.41. The molecule has 0 heterocycles. The first-order valence-electron chi connectivity index (χ1n) is 8.76. The number of fused-ring (bicyclic) bond motifs is 1. The molecule has 4 unspecified atom stereocenters. The predicted molar refractivity (Wildman–Crippen MR) is 89.0 cm³/mol. The Hall–Kier alpha value is -0.820. The highest BCUT2D eigenvalue weighted by Crippen LogP contribution is 2.57. The molecule has 3 rings (SSSR count). The molecule has 3 aliphatic carbocycles. The van der Waals surface area contributed by atoms with Gasteiger partial charge in [-0.1, -0.05) is 43.7 Å². The Kier molecular flexibility index (Phi) is 4.14. The van der Waals surface area contributed by atoms with E-state index in [1.54, 1.807) is 5.57 Å². The van der Waals surface area contributed by atoms with Crippen molar-refractivity contribution in [3.63, 3.8) is 0 Å². The van der Waals surface area contributed by atoms with Gasteiger partial charge in [-0.25, -0.2) is 0 Å². The van der Waals surface area contributed by atoms with Gasteiger partial charge in [0.1, 0.15) is 0 Å². The topological polar surface area (TPSA) is 20.2 Å². The second-order valence-corrected chi connectivity index (χ2v) is 7.82. The first-order chi connectivity index (χ1) is 10.0. The summed E-state index contributed by atoms with van der Waals surface area (Å²) in [5, 5.41) is 9.86. The summed E-state index contributed by atoms with van der Waals surface area (Å²) in [6.07, 6.45) is 13.9. The maximum Gasteiger partial charge on any atom is 0.0583 e. The van der Waals surface area contributed by atoms with Gasteiger partial charge in [-0.05, 0) is 74.2 Å². The lowest BCUT2D eigenvalue weighted by molar-refractivity contribution is 0.147. The molecule has 0 radical (unpaired) electrons. The van der Waals surface area contributed by atoms with Crippen LogP contribution in [0.1, 0.15) is 65.2 Å². The quantitative estimate of drug-likeness (QED) is 0.704. The Balaban J connectivity index is 1.81. The van der Waals surface area contributed by atoms with Gasteiger partial charge < -0.3 is 5.11 Å². The summed E-state index contributed by atoms with van der Waals surface area (Å²) in [6, 6.07) is 0. The summed E-state index contributed by atoms with van der Waals surface area (Å²) in [5.41, 5.74) is 4.70. The van der Waals surface area contributed by atoms with Gasteiger partial charge in [-0.3, -0.25) is 0 Å². The average Bonchev–Trinajstić information content (AvgIpc) is 2.76. The molecular formula is C20H30O. The highest BCUT2D eigenvalue weighted by molar-refractivity contribution is 5.36. The Morgan fingerprint density at radius 1 is 1.19 bits per heavy atom. The maximum absolute atomic E-state index is 9.86. The molecule has 1 nitrogen and oxygen atoms in total. The highest BCUT2D eigenvalue weighted by atomic mass is 16.3. The van der Waals surface area contributed by atoms with E-state index in [9.17, 15) is 5.11 Å². The van der Waals surface area contributed by atoms with Gasteiger partial charge in [0.25, 0.3) is 0 Å². The maximum atomic E-state index is 9.86. The molecule has 116 valence electrons. The van der Waals surface area contributed by atoms with Gasteiger partial charge in [-0.15, -0.1) is 0 Å². The van der Waals surface area contributed by atoms with Gasteiger partial charge >= 0.3 is 0 Å². The SMILES string of the molecule is C=C1CCC(O)C/C1=C/C=C1\CCCC2(C)C(C)CCC12. The molecule has 3 saturated carbocycles. The van der Waals surface area contributed by atoms with E-state index in [2.05, 4.69) is 32.6 Å². The smallest absolute Gasteiger partial charge is 0.0583 e. The fourth-order valence-corrected chi connectivity index (χ4v) is 4.89. The molecular weight excluding hydrogens is 256 g/mol. The van der Waals surface area contributed by atoms with E-state index < -0.39 is 0 Å². The molecule has 4 atom stereocenters. The van der Waals surface area contributed by atoms with Crippen molar-refractivity contribution in [2.24, 2.45) is 17.3 Å². The number of hydrogen-bond acceptors (Lipinski definition) is 1. The minimum atomic E-state index is -0.164. The fraction of sp³-hybridized carbons (Fsp3) is 0.700. The van der Waals surface area contributed by atoms with Crippen molar-refractivity contribution in [1.82, 2.24) is 0 Å². The van der Waals surface area contributed by atoms with Crippen molar-refractivity contribution >= 4 is 0 Å². The molecule has 0 bridgehead atoms. The van der Waals surface area contributed by atoms with Gasteiger partial charge in [0.05, 0.1) is 6.10 Å². The Morgan fingerprint density at radius 2 is 2.00 bits per heavy atom. The van der Waals surface area contributed by atoms with Crippen molar-refractivity contribution in [2.75, 3.05) is 0 Å². The van der Waals surface area contributed by atoms with Crippen LogP contribution in [0.3, 0.4) is 0 Å². The van der Waals surface area contributed by atoms with Crippen LogP contribution in [0.4, 0.5) is 0 Å². The third kappa shape index (κ3) is 2.77. The fourth-order valence-electron chi connectivity index (χ4n) is 4.89. The number of rotatable bonds is 1. The van der Waals surface area contributed by atoms with Crippen molar-refractivity contribution in [2.45, 2.75) is 71.3 Å². The van der Waals surface area contributed by atoms with Crippen LogP contribution in [0.15, 0.2) is 35.5 Å². The summed E-state index contributed by atoms with van der Waals surface area (Å²) in [5.74, 6) is 1.66. The van der Waals surface area contributed by atoms with E-state index in [4.69, 9.17) is 0 Å². The molecule has 1 N–H and O–H groups in total. The summed E-state index contributed by atoms with van der Waals surface area (Å²) in [6.45, 7) is 9.14. The van der Waals surface area contributed by atoms with Crippen molar-refractivity contribution in [3.8, 4) is 0 Å². The lowest BCUT2D eigenvalue weighted by atomic mass is 9.64. The Labute approximate surface area is 129 Å². The first-order valence-corrected chi connectivity index (χ1v) is 8.76. The van der Waals surface area contributed by atoms with Crippen molar-refractivity contribution in [1.29, 1.82) is 0 Å². The number of aliphatic hydroxyl groups excluding tert-OH is 1. The molecule has 0 amide bonds. The predicted octanol–water partition coefficient (Wildman–Crippen LogP) is 5.18. The van der Waals surface area contributed by atoms with Crippen LogP contribution >= 0.6 is 0 Å². The number of hydrogen-bond donors (Lipinski definition) is 1. The molecule has 3 fully saturated rings. The summed E-state index contributed by atoms with van der Waals surface area (Å²) >= 11 is 0. The Morgan fingerprint density at radius 3 is 2.81 bits per heavy atom. The molecule has 1 heteroatoms. The largest absolute Gasteiger partial charge is 0.393 e. The zero-order chi connectivity index (χ0) is 15.0. The zero-order valence-electron chi connectivity index (χ0n) is 13.7. The lowest BCUT2D eigenvalue weighted by Crippen LogP contribution is -2.31. The molecule has 0 saturated heterocycles. The molecule has 0 aromatic rings. The van der Waals surface area contributed by atoms with Gasteiger partial charge in [-0.2, -0.15) is 0 Å². The minimum absolute atomic E-state index is 0.164. The zero-order valence-corrected chi connectivity index (χ0v) is 13.7. The van der Waals surface area contributed by atoms with E-state index in [-0.39, 0.29) is 6.10 Å². The standard InChI is InChI=1S/C20H30O/c1-14-6-10-18(21)13-17(14)9-8-16-5-4-12-20(3)15(2)7-11-19(16)20/h8-9,15,18-19,21H,1,4-7,10-13H2,2-3H3/b16-8+,17-9-. The van der Waals surface area contributed by atoms with Crippen LogP contribution in [0.5, 0.6) is 0 Å². The second kappa shape index (κ2) is 5.76. The normalized spacial score (nSPS) is 44.3. The van der Waals surface area contributed by atoms with Crippen LogP contribution in [0.2, 0.25) is 0 Å².